The third-order valence-electron chi connectivity index (χ3n) is 2.21. The number of hydrogen-bond acceptors (Lipinski definition) is 1. The highest BCUT2D eigenvalue weighted by molar-refractivity contribution is 5.23. The molecule has 2 N–H and O–H groups in total. The second-order valence-corrected chi connectivity index (χ2v) is 3.30. The van der Waals surface area contributed by atoms with Crippen LogP contribution in [-0.2, 0) is 0 Å². The number of rotatable bonds is 3. The lowest BCUT2D eigenvalue weighted by Crippen LogP contribution is -2.07. The lowest BCUT2D eigenvalue weighted by molar-refractivity contribution is 0.886. The molecule has 0 bridgehead atoms. The molecule has 1 heteroatoms. The Bertz CT molecular complexity index is 274. The summed E-state index contributed by atoms with van der Waals surface area (Å²) < 4.78 is 0. The number of nitrogens with two attached hydrogens (primary N) is 1. The maximum Gasteiger partial charge on any atom is 0.0483 e. The molecule has 1 aromatic rings. The van der Waals surface area contributed by atoms with E-state index in [-0.39, 0.29) is 6.04 Å². The van der Waals surface area contributed by atoms with E-state index in [4.69, 9.17) is 5.73 Å². The molecule has 1 nitrogen and oxygen atoms in total. The van der Waals surface area contributed by atoms with Crippen LogP contribution >= 0.6 is 0 Å². The van der Waals surface area contributed by atoms with Crippen LogP contribution in [0.4, 0.5) is 0 Å². The monoisotopic (exact) mass is 175 g/mol. The first-order valence-corrected chi connectivity index (χ1v) is 4.72. The quantitative estimate of drug-likeness (QED) is 0.702. The van der Waals surface area contributed by atoms with Crippen LogP contribution in [0.3, 0.4) is 0 Å². The van der Waals surface area contributed by atoms with Gasteiger partial charge < -0.3 is 5.73 Å². The molecule has 1 aromatic carbocycles. The Hall–Kier alpha value is -1.08. The maximum atomic E-state index is 6.00. The van der Waals surface area contributed by atoms with Gasteiger partial charge >= 0.3 is 0 Å². The zero-order valence-electron chi connectivity index (χ0n) is 8.33. The zero-order valence-corrected chi connectivity index (χ0v) is 8.33. The molecular formula is C12H17N. The topological polar surface area (TPSA) is 26.0 Å². The second kappa shape index (κ2) is 4.83. The summed E-state index contributed by atoms with van der Waals surface area (Å²) in [5, 5.41) is 0. The Morgan fingerprint density at radius 1 is 1.38 bits per heavy atom. The van der Waals surface area contributed by atoms with Crippen molar-refractivity contribution < 1.29 is 0 Å². The molecule has 1 atom stereocenters. The van der Waals surface area contributed by atoms with Gasteiger partial charge in [0.1, 0.15) is 0 Å². The van der Waals surface area contributed by atoms with Crippen LogP contribution in [0.2, 0.25) is 0 Å². The fourth-order valence-corrected chi connectivity index (χ4v) is 1.20. The van der Waals surface area contributed by atoms with Gasteiger partial charge in [0.15, 0.2) is 0 Å². The Labute approximate surface area is 80.3 Å². The predicted molar refractivity (Wildman–Crippen MR) is 57.4 cm³/mol. The van der Waals surface area contributed by atoms with Gasteiger partial charge in [-0.05, 0) is 18.9 Å². The van der Waals surface area contributed by atoms with E-state index in [1.807, 2.05) is 18.2 Å². The molecule has 0 aliphatic rings. The number of hydrogen-bond donors (Lipinski definition) is 1. The minimum absolute atomic E-state index is 0.0427. The Morgan fingerprint density at radius 3 is 2.54 bits per heavy atom. The fourth-order valence-electron chi connectivity index (χ4n) is 1.20. The van der Waals surface area contributed by atoms with E-state index in [0.29, 0.717) is 0 Å². The standard InChI is InChI=1S/C12H17N/c1-3-10(2)9-12(13)11-7-5-4-6-8-11/h4-9,12H,3,13H2,1-2H3. The summed E-state index contributed by atoms with van der Waals surface area (Å²) in [6.07, 6.45) is 3.19. The fraction of sp³-hybridized carbons (Fsp3) is 0.333. The highest BCUT2D eigenvalue weighted by Crippen LogP contribution is 2.13. The summed E-state index contributed by atoms with van der Waals surface area (Å²) in [5.74, 6) is 0. The molecule has 1 rings (SSSR count). The van der Waals surface area contributed by atoms with Crippen molar-refractivity contribution in [1.29, 1.82) is 0 Å². The van der Waals surface area contributed by atoms with Gasteiger partial charge in [-0.15, -0.1) is 0 Å². The summed E-state index contributed by atoms with van der Waals surface area (Å²) >= 11 is 0. The average Bonchev–Trinajstić information content (AvgIpc) is 2.19. The van der Waals surface area contributed by atoms with E-state index in [1.165, 1.54) is 11.1 Å². The molecule has 0 radical (unpaired) electrons. The van der Waals surface area contributed by atoms with Gasteiger partial charge in [-0.25, -0.2) is 0 Å². The molecule has 0 aliphatic carbocycles. The highest BCUT2D eigenvalue weighted by atomic mass is 14.6. The van der Waals surface area contributed by atoms with Crippen molar-refractivity contribution in [2.24, 2.45) is 5.73 Å². The average molecular weight is 175 g/mol. The van der Waals surface area contributed by atoms with Crippen molar-refractivity contribution >= 4 is 0 Å². The van der Waals surface area contributed by atoms with Crippen LogP contribution in [0, 0.1) is 0 Å². The van der Waals surface area contributed by atoms with Gasteiger partial charge in [0.2, 0.25) is 0 Å². The minimum Gasteiger partial charge on any atom is -0.321 e. The third-order valence-corrected chi connectivity index (χ3v) is 2.21. The molecule has 70 valence electrons. The third kappa shape index (κ3) is 3.03. The summed E-state index contributed by atoms with van der Waals surface area (Å²) in [6, 6.07) is 10.2. The Kier molecular flexibility index (Phi) is 3.71. The largest absolute Gasteiger partial charge is 0.321 e. The molecule has 0 saturated carbocycles. The summed E-state index contributed by atoms with van der Waals surface area (Å²) in [4.78, 5) is 0. The van der Waals surface area contributed by atoms with Crippen LogP contribution in [0.15, 0.2) is 42.0 Å². The molecule has 0 spiro atoms. The van der Waals surface area contributed by atoms with Crippen molar-refractivity contribution in [1.82, 2.24) is 0 Å². The molecule has 0 aromatic heterocycles. The smallest absolute Gasteiger partial charge is 0.0483 e. The van der Waals surface area contributed by atoms with Crippen molar-refractivity contribution in [2.45, 2.75) is 26.3 Å². The van der Waals surface area contributed by atoms with Gasteiger partial charge in [0.25, 0.3) is 0 Å². The minimum atomic E-state index is 0.0427. The number of allylic oxidation sites excluding steroid dienone is 1. The van der Waals surface area contributed by atoms with Crippen LogP contribution in [0.1, 0.15) is 31.9 Å². The Balaban J connectivity index is 2.75. The van der Waals surface area contributed by atoms with E-state index in [0.717, 1.165) is 6.42 Å². The van der Waals surface area contributed by atoms with Crippen molar-refractivity contribution in [3.8, 4) is 0 Å². The van der Waals surface area contributed by atoms with E-state index in [2.05, 4.69) is 32.1 Å². The van der Waals surface area contributed by atoms with Crippen LogP contribution < -0.4 is 5.73 Å². The highest BCUT2D eigenvalue weighted by Gasteiger charge is 2.00. The van der Waals surface area contributed by atoms with E-state index >= 15 is 0 Å². The van der Waals surface area contributed by atoms with Crippen LogP contribution in [0.5, 0.6) is 0 Å². The van der Waals surface area contributed by atoms with Crippen molar-refractivity contribution in [2.75, 3.05) is 0 Å². The number of benzene rings is 1. The van der Waals surface area contributed by atoms with Gasteiger partial charge in [0.05, 0.1) is 0 Å². The van der Waals surface area contributed by atoms with E-state index in [9.17, 15) is 0 Å². The van der Waals surface area contributed by atoms with Gasteiger partial charge in [-0.3, -0.25) is 0 Å². The molecule has 13 heavy (non-hydrogen) atoms. The van der Waals surface area contributed by atoms with E-state index < -0.39 is 0 Å². The first kappa shape index (κ1) is 10.0. The first-order chi connectivity index (χ1) is 6.24. The molecule has 0 saturated heterocycles. The van der Waals surface area contributed by atoms with Gasteiger partial charge in [-0.1, -0.05) is 48.9 Å². The van der Waals surface area contributed by atoms with Crippen LogP contribution in [-0.4, -0.2) is 0 Å². The lowest BCUT2D eigenvalue weighted by atomic mass is 10.0. The molecular weight excluding hydrogens is 158 g/mol. The summed E-state index contributed by atoms with van der Waals surface area (Å²) in [5.41, 5.74) is 8.52. The maximum absolute atomic E-state index is 6.00. The van der Waals surface area contributed by atoms with Crippen LogP contribution in [0.25, 0.3) is 0 Å². The lowest BCUT2D eigenvalue weighted by Gasteiger charge is -2.07. The molecule has 0 aliphatic heterocycles. The predicted octanol–water partition coefficient (Wildman–Crippen LogP) is 3.04. The SMILES string of the molecule is CCC(C)=CC(N)c1ccccc1. The van der Waals surface area contributed by atoms with Crippen molar-refractivity contribution in [3.63, 3.8) is 0 Å². The second-order valence-electron chi connectivity index (χ2n) is 3.30. The van der Waals surface area contributed by atoms with Crippen molar-refractivity contribution in [3.05, 3.63) is 47.5 Å². The normalized spacial score (nSPS) is 14.2. The molecule has 0 fully saturated rings. The molecule has 0 amide bonds. The first-order valence-electron chi connectivity index (χ1n) is 4.72. The van der Waals surface area contributed by atoms with E-state index in [1.54, 1.807) is 0 Å². The Morgan fingerprint density at radius 2 is 2.00 bits per heavy atom. The summed E-state index contributed by atoms with van der Waals surface area (Å²) in [6.45, 7) is 4.26. The molecule has 1 unspecified atom stereocenters. The van der Waals surface area contributed by atoms with Gasteiger partial charge in [0, 0.05) is 6.04 Å². The molecule has 0 heterocycles. The summed E-state index contributed by atoms with van der Waals surface area (Å²) in [7, 11) is 0. The zero-order chi connectivity index (χ0) is 9.68. The van der Waals surface area contributed by atoms with Gasteiger partial charge in [-0.2, -0.15) is 0 Å².